The van der Waals surface area contributed by atoms with E-state index in [-0.39, 0.29) is 5.97 Å². The summed E-state index contributed by atoms with van der Waals surface area (Å²) in [5, 5.41) is 0. The minimum atomic E-state index is 0.0122. The molecular formula is C41H78O2. The fourth-order valence-electron chi connectivity index (χ4n) is 5.82. The van der Waals surface area contributed by atoms with E-state index in [0.717, 1.165) is 31.6 Å². The van der Waals surface area contributed by atoms with Gasteiger partial charge >= 0.3 is 5.97 Å². The maximum absolute atomic E-state index is 11.9. The average molecular weight is 603 g/mol. The number of unbranched alkanes of at least 4 members (excludes halogenated alkanes) is 25. The summed E-state index contributed by atoms with van der Waals surface area (Å²) >= 11 is 0. The third-order valence-corrected chi connectivity index (χ3v) is 8.77. The van der Waals surface area contributed by atoms with Crippen molar-refractivity contribution in [1.82, 2.24) is 0 Å². The number of rotatable bonds is 35. The molecule has 0 unspecified atom stereocenters. The molecule has 0 aromatic rings. The van der Waals surface area contributed by atoms with Gasteiger partial charge in [0.15, 0.2) is 0 Å². The lowest BCUT2D eigenvalue weighted by Crippen LogP contribution is -2.05. The Hall–Kier alpha value is -1.05. The van der Waals surface area contributed by atoms with Gasteiger partial charge < -0.3 is 4.74 Å². The summed E-state index contributed by atoms with van der Waals surface area (Å²) in [6.07, 6.45) is 49.7. The van der Waals surface area contributed by atoms with Crippen LogP contribution in [0.1, 0.15) is 220 Å². The molecule has 0 fully saturated rings. The summed E-state index contributed by atoms with van der Waals surface area (Å²) in [6.45, 7) is 7.55. The normalized spacial score (nSPS) is 11.9. The number of hydrogen-bond acceptors (Lipinski definition) is 2. The second-order valence-corrected chi connectivity index (χ2v) is 13.7. The van der Waals surface area contributed by atoms with E-state index in [1.54, 1.807) is 0 Å². The lowest BCUT2D eigenvalue weighted by Gasteiger charge is -2.06. The number of allylic oxidation sites excluding steroid dienone is 4. The molecule has 43 heavy (non-hydrogen) atoms. The molecule has 0 aliphatic rings. The number of esters is 1. The maximum Gasteiger partial charge on any atom is 0.305 e. The molecule has 0 radical (unpaired) electrons. The quantitative estimate of drug-likeness (QED) is 0.0410. The molecule has 0 saturated carbocycles. The van der Waals surface area contributed by atoms with Crippen LogP contribution in [0, 0.1) is 5.92 Å². The van der Waals surface area contributed by atoms with Gasteiger partial charge in [-0.15, -0.1) is 0 Å². The van der Waals surface area contributed by atoms with Crippen LogP contribution in [0.2, 0.25) is 0 Å². The number of carbonyl (C=O) groups is 1. The molecular weight excluding hydrogens is 524 g/mol. The molecule has 0 aromatic heterocycles. The first-order valence-corrected chi connectivity index (χ1v) is 19.6. The number of hydrogen-bond donors (Lipinski definition) is 0. The monoisotopic (exact) mass is 603 g/mol. The van der Waals surface area contributed by atoms with E-state index in [1.165, 1.54) is 167 Å². The van der Waals surface area contributed by atoms with Gasteiger partial charge in [-0.05, 0) is 50.9 Å². The Labute approximate surface area is 271 Å². The van der Waals surface area contributed by atoms with Crippen LogP contribution >= 0.6 is 0 Å². The third kappa shape index (κ3) is 38.9. The van der Waals surface area contributed by atoms with Crippen molar-refractivity contribution in [3.63, 3.8) is 0 Å². The molecule has 254 valence electrons. The van der Waals surface area contributed by atoms with Gasteiger partial charge in [-0.1, -0.05) is 193 Å². The summed E-state index contributed by atoms with van der Waals surface area (Å²) in [4.78, 5) is 11.9. The zero-order valence-corrected chi connectivity index (χ0v) is 29.8. The highest BCUT2D eigenvalue weighted by molar-refractivity contribution is 5.69. The Morgan fingerprint density at radius 3 is 1.35 bits per heavy atom. The summed E-state index contributed by atoms with van der Waals surface area (Å²) in [6, 6.07) is 0. The molecule has 0 amide bonds. The van der Waals surface area contributed by atoms with Crippen molar-refractivity contribution in [2.24, 2.45) is 5.92 Å². The molecule has 0 N–H and O–H groups in total. The summed E-state index contributed by atoms with van der Waals surface area (Å²) in [7, 11) is 0. The molecule has 0 atom stereocenters. The first-order valence-electron chi connectivity index (χ1n) is 19.6. The Kier molecular flexibility index (Phi) is 36.2. The molecule has 0 saturated heterocycles. The van der Waals surface area contributed by atoms with E-state index in [1.807, 2.05) is 0 Å². The van der Waals surface area contributed by atoms with Crippen LogP contribution in [-0.4, -0.2) is 12.6 Å². The van der Waals surface area contributed by atoms with Crippen LogP contribution in [-0.2, 0) is 9.53 Å². The lowest BCUT2D eigenvalue weighted by molar-refractivity contribution is -0.143. The van der Waals surface area contributed by atoms with Crippen molar-refractivity contribution in [3.05, 3.63) is 24.3 Å². The van der Waals surface area contributed by atoms with Crippen molar-refractivity contribution in [2.45, 2.75) is 220 Å². The van der Waals surface area contributed by atoms with Crippen molar-refractivity contribution >= 4 is 5.97 Å². The van der Waals surface area contributed by atoms with Crippen LogP contribution in [0.3, 0.4) is 0 Å². The second-order valence-electron chi connectivity index (χ2n) is 13.7. The molecule has 2 nitrogen and oxygen atoms in total. The van der Waals surface area contributed by atoms with Crippen LogP contribution in [0.5, 0.6) is 0 Å². The minimum Gasteiger partial charge on any atom is -0.466 e. The molecule has 0 spiro atoms. The average Bonchev–Trinajstić information content (AvgIpc) is 2.99. The predicted octanol–water partition coefficient (Wildman–Crippen LogP) is 14.4. The highest BCUT2D eigenvalue weighted by atomic mass is 16.5. The Balaban J connectivity index is 3.20. The van der Waals surface area contributed by atoms with Gasteiger partial charge in [-0.25, -0.2) is 0 Å². The molecule has 0 aliphatic heterocycles. The Morgan fingerprint density at radius 2 is 0.884 bits per heavy atom. The Bertz CT molecular complexity index is 591. The van der Waals surface area contributed by atoms with Crippen molar-refractivity contribution < 1.29 is 9.53 Å². The van der Waals surface area contributed by atoms with E-state index >= 15 is 0 Å². The molecule has 0 aliphatic carbocycles. The molecule has 0 bridgehead atoms. The van der Waals surface area contributed by atoms with Gasteiger partial charge in [-0.2, -0.15) is 0 Å². The smallest absolute Gasteiger partial charge is 0.305 e. The van der Waals surface area contributed by atoms with E-state index in [2.05, 4.69) is 45.1 Å². The van der Waals surface area contributed by atoms with Crippen molar-refractivity contribution in [2.75, 3.05) is 6.61 Å². The minimum absolute atomic E-state index is 0.0122. The molecule has 0 aromatic carbocycles. The van der Waals surface area contributed by atoms with Gasteiger partial charge in [0.2, 0.25) is 0 Å². The first-order chi connectivity index (χ1) is 21.2. The standard InChI is InChI=1S/C41H78O2/c1-4-5-6-7-8-9-10-11-16-20-23-26-29-32-35-38-41(42)43-39-36-33-30-27-24-21-18-15-13-12-14-17-19-22-25-28-31-34-37-40(2)3/h8-9,11,16,40H,4-7,10,12-15,17-39H2,1-3H3/b9-8-,16-11-. The summed E-state index contributed by atoms with van der Waals surface area (Å²) in [5.41, 5.74) is 0. The van der Waals surface area contributed by atoms with Crippen LogP contribution < -0.4 is 0 Å². The Morgan fingerprint density at radius 1 is 0.488 bits per heavy atom. The van der Waals surface area contributed by atoms with Gasteiger partial charge in [0.1, 0.15) is 0 Å². The SMILES string of the molecule is CCCCC/C=C\C/C=C\CCCCCCCC(=O)OCCCCCCCCCCCCCCCCCCCCC(C)C. The molecule has 0 rings (SSSR count). The van der Waals surface area contributed by atoms with Crippen LogP contribution in [0.4, 0.5) is 0 Å². The maximum atomic E-state index is 11.9. The third-order valence-electron chi connectivity index (χ3n) is 8.77. The van der Waals surface area contributed by atoms with Crippen molar-refractivity contribution in [1.29, 1.82) is 0 Å². The zero-order chi connectivity index (χ0) is 31.3. The van der Waals surface area contributed by atoms with Gasteiger partial charge in [-0.3, -0.25) is 4.79 Å². The number of ether oxygens (including phenoxy) is 1. The number of carbonyl (C=O) groups excluding carboxylic acids is 1. The lowest BCUT2D eigenvalue weighted by atomic mass is 10.0. The fraction of sp³-hybridized carbons (Fsp3) is 0.878. The van der Waals surface area contributed by atoms with E-state index in [4.69, 9.17) is 4.74 Å². The zero-order valence-electron chi connectivity index (χ0n) is 29.8. The highest BCUT2D eigenvalue weighted by Gasteiger charge is 2.02. The van der Waals surface area contributed by atoms with Crippen LogP contribution in [0.25, 0.3) is 0 Å². The summed E-state index contributed by atoms with van der Waals surface area (Å²) < 4.78 is 5.45. The first kappa shape index (κ1) is 42.0. The molecule has 2 heteroatoms. The molecule has 0 heterocycles. The fourth-order valence-corrected chi connectivity index (χ4v) is 5.82. The largest absolute Gasteiger partial charge is 0.466 e. The van der Waals surface area contributed by atoms with Gasteiger partial charge in [0, 0.05) is 6.42 Å². The van der Waals surface area contributed by atoms with Crippen LogP contribution in [0.15, 0.2) is 24.3 Å². The highest BCUT2D eigenvalue weighted by Crippen LogP contribution is 2.16. The van der Waals surface area contributed by atoms with Crippen molar-refractivity contribution in [3.8, 4) is 0 Å². The van der Waals surface area contributed by atoms with Gasteiger partial charge in [0.05, 0.1) is 6.61 Å². The topological polar surface area (TPSA) is 26.3 Å². The van der Waals surface area contributed by atoms with Gasteiger partial charge in [0.25, 0.3) is 0 Å². The second kappa shape index (κ2) is 37.1. The predicted molar refractivity (Wildman–Crippen MR) is 193 cm³/mol. The van der Waals surface area contributed by atoms with E-state index in [9.17, 15) is 4.79 Å². The summed E-state index contributed by atoms with van der Waals surface area (Å²) in [5.74, 6) is 0.892. The van der Waals surface area contributed by atoms with E-state index in [0.29, 0.717) is 13.0 Å². The van der Waals surface area contributed by atoms with E-state index < -0.39 is 0 Å².